The summed E-state index contributed by atoms with van der Waals surface area (Å²) in [6.45, 7) is 0. The number of anilines is 1. The molecular formula is C11H9N3O5. The molecule has 0 aliphatic heterocycles. The number of nitro benzene ring substituents is 1. The van der Waals surface area contributed by atoms with Gasteiger partial charge in [-0.05, 0) is 6.07 Å². The maximum Gasteiger partial charge on any atom is 0.339 e. The van der Waals surface area contributed by atoms with Gasteiger partial charge in [0.1, 0.15) is 6.42 Å². The fourth-order valence-electron chi connectivity index (χ4n) is 1.30. The Bertz CT molecular complexity index is 576. The lowest BCUT2D eigenvalue weighted by Gasteiger charge is -2.08. The van der Waals surface area contributed by atoms with Crippen LogP contribution in [0.15, 0.2) is 18.2 Å². The molecule has 0 atom stereocenters. The van der Waals surface area contributed by atoms with Gasteiger partial charge in [0.25, 0.3) is 5.69 Å². The number of methoxy groups -OCH3 is 1. The minimum absolute atomic E-state index is 0.0283. The molecular weight excluding hydrogens is 254 g/mol. The number of nitrogens with zero attached hydrogens (tertiary/aromatic N) is 2. The minimum atomic E-state index is -0.748. The number of hydrogen-bond acceptors (Lipinski definition) is 6. The van der Waals surface area contributed by atoms with Crippen LogP contribution in [0.4, 0.5) is 11.4 Å². The zero-order valence-electron chi connectivity index (χ0n) is 9.87. The number of nitriles is 1. The number of esters is 1. The van der Waals surface area contributed by atoms with Crippen LogP contribution < -0.4 is 5.32 Å². The molecule has 0 aliphatic rings. The van der Waals surface area contributed by atoms with E-state index in [2.05, 4.69) is 10.1 Å². The van der Waals surface area contributed by atoms with Crippen molar-refractivity contribution in [3.8, 4) is 6.07 Å². The fourth-order valence-corrected chi connectivity index (χ4v) is 1.30. The number of rotatable bonds is 4. The number of carbonyl (C=O) groups excluding carboxylic acids is 2. The van der Waals surface area contributed by atoms with Gasteiger partial charge in [-0.25, -0.2) is 4.79 Å². The average Bonchev–Trinajstić information content (AvgIpc) is 2.37. The second-order valence-electron chi connectivity index (χ2n) is 3.36. The monoisotopic (exact) mass is 263 g/mol. The molecule has 0 spiro atoms. The maximum absolute atomic E-state index is 11.4. The van der Waals surface area contributed by atoms with Crippen LogP contribution in [0, 0.1) is 21.4 Å². The second kappa shape index (κ2) is 6.11. The van der Waals surface area contributed by atoms with Gasteiger partial charge in [-0.2, -0.15) is 5.26 Å². The van der Waals surface area contributed by atoms with Crippen LogP contribution >= 0.6 is 0 Å². The minimum Gasteiger partial charge on any atom is -0.465 e. The summed E-state index contributed by atoms with van der Waals surface area (Å²) < 4.78 is 4.49. The van der Waals surface area contributed by atoms with E-state index in [4.69, 9.17) is 5.26 Å². The molecule has 1 N–H and O–H groups in total. The van der Waals surface area contributed by atoms with Crippen molar-refractivity contribution in [3.63, 3.8) is 0 Å². The second-order valence-corrected chi connectivity index (χ2v) is 3.36. The summed E-state index contributed by atoms with van der Waals surface area (Å²) in [4.78, 5) is 32.7. The van der Waals surface area contributed by atoms with Crippen LogP contribution in [0.2, 0.25) is 0 Å². The number of amides is 1. The Morgan fingerprint density at radius 2 is 2.21 bits per heavy atom. The van der Waals surface area contributed by atoms with Gasteiger partial charge in [-0.3, -0.25) is 14.9 Å². The maximum atomic E-state index is 11.4. The van der Waals surface area contributed by atoms with Gasteiger partial charge in [0.2, 0.25) is 5.91 Å². The number of benzene rings is 1. The van der Waals surface area contributed by atoms with Crippen molar-refractivity contribution in [3.05, 3.63) is 33.9 Å². The Balaban J connectivity index is 3.18. The van der Waals surface area contributed by atoms with Crippen LogP contribution in [0.25, 0.3) is 0 Å². The third-order valence-electron chi connectivity index (χ3n) is 2.13. The van der Waals surface area contributed by atoms with Gasteiger partial charge < -0.3 is 10.1 Å². The molecule has 0 fully saturated rings. The Labute approximate surface area is 107 Å². The molecule has 0 saturated heterocycles. The molecule has 19 heavy (non-hydrogen) atoms. The average molecular weight is 263 g/mol. The van der Waals surface area contributed by atoms with Crippen molar-refractivity contribution < 1.29 is 19.2 Å². The van der Waals surface area contributed by atoms with E-state index in [1.54, 1.807) is 6.07 Å². The van der Waals surface area contributed by atoms with Gasteiger partial charge in [-0.1, -0.05) is 0 Å². The van der Waals surface area contributed by atoms with Crippen molar-refractivity contribution in [2.24, 2.45) is 0 Å². The Morgan fingerprint density at radius 3 is 2.74 bits per heavy atom. The summed E-state index contributed by atoms with van der Waals surface area (Å²) in [5.74, 6) is -1.42. The van der Waals surface area contributed by atoms with E-state index in [0.29, 0.717) is 0 Å². The van der Waals surface area contributed by atoms with E-state index in [1.165, 1.54) is 6.07 Å². The first-order valence-electron chi connectivity index (χ1n) is 5.03. The van der Waals surface area contributed by atoms with Crippen molar-refractivity contribution in [1.82, 2.24) is 0 Å². The molecule has 8 nitrogen and oxygen atoms in total. The first kappa shape index (κ1) is 14.1. The van der Waals surface area contributed by atoms with Gasteiger partial charge in [-0.15, -0.1) is 0 Å². The van der Waals surface area contributed by atoms with E-state index in [9.17, 15) is 19.7 Å². The highest BCUT2D eigenvalue weighted by Crippen LogP contribution is 2.23. The molecule has 0 unspecified atom stereocenters. The number of ether oxygens (including phenoxy) is 1. The zero-order chi connectivity index (χ0) is 14.4. The highest BCUT2D eigenvalue weighted by molar-refractivity contribution is 6.02. The molecule has 0 bridgehead atoms. The van der Waals surface area contributed by atoms with E-state index in [1.807, 2.05) is 0 Å². The Morgan fingerprint density at radius 1 is 1.53 bits per heavy atom. The molecule has 0 heterocycles. The predicted octanol–water partition coefficient (Wildman–Crippen LogP) is 1.23. The van der Waals surface area contributed by atoms with E-state index >= 15 is 0 Å². The topological polar surface area (TPSA) is 122 Å². The van der Waals surface area contributed by atoms with E-state index in [0.717, 1.165) is 19.2 Å². The molecule has 0 aliphatic carbocycles. The largest absolute Gasteiger partial charge is 0.465 e. The van der Waals surface area contributed by atoms with Gasteiger partial charge in [0, 0.05) is 12.1 Å². The predicted molar refractivity (Wildman–Crippen MR) is 63.3 cm³/mol. The van der Waals surface area contributed by atoms with Crippen LogP contribution in [0.3, 0.4) is 0 Å². The molecule has 8 heteroatoms. The number of hydrogen-bond donors (Lipinski definition) is 1. The smallest absolute Gasteiger partial charge is 0.339 e. The van der Waals surface area contributed by atoms with Crippen LogP contribution in [-0.4, -0.2) is 23.9 Å². The molecule has 1 aromatic rings. The normalized spacial score (nSPS) is 9.26. The van der Waals surface area contributed by atoms with Crippen LogP contribution in [0.5, 0.6) is 0 Å². The molecule has 0 aromatic heterocycles. The lowest BCUT2D eigenvalue weighted by atomic mass is 10.1. The summed E-state index contributed by atoms with van der Waals surface area (Å²) in [5, 5.41) is 21.3. The van der Waals surface area contributed by atoms with Crippen LogP contribution in [-0.2, 0) is 9.53 Å². The molecule has 1 amide bonds. The highest BCUT2D eigenvalue weighted by Gasteiger charge is 2.18. The van der Waals surface area contributed by atoms with E-state index < -0.39 is 23.2 Å². The van der Waals surface area contributed by atoms with Crippen LogP contribution in [0.1, 0.15) is 16.8 Å². The third-order valence-corrected chi connectivity index (χ3v) is 2.13. The van der Waals surface area contributed by atoms with Crippen molar-refractivity contribution in [2.45, 2.75) is 6.42 Å². The van der Waals surface area contributed by atoms with Gasteiger partial charge in [0.15, 0.2) is 0 Å². The lowest BCUT2D eigenvalue weighted by molar-refractivity contribution is -0.384. The summed E-state index contributed by atoms with van der Waals surface area (Å²) in [7, 11) is 1.14. The Kier molecular flexibility index (Phi) is 4.54. The number of nitro groups is 1. The SMILES string of the molecule is COC(=O)c1ccc([N+](=O)[O-])cc1NC(=O)CC#N. The first-order chi connectivity index (χ1) is 8.99. The first-order valence-corrected chi connectivity index (χ1v) is 5.03. The molecule has 98 valence electrons. The molecule has 0 radical (unpaired) electrons. The van der Waals surface area contributed by atoms with Crippen molar-refractivity contribution in [1.29, 1.82) is 5.26 Å². The van der Waals surface area contributed by atoms with Gasteiger partial charge >= 0.3 is 5.97 Å². The number of nitrogens with one attached hydrogen (secondary N) is 1. The lowest BCUT2D eigenvalue weighted by Crippen LogP contribution is -2.14. The zero-order valence-corrected chi connectivity index (χ0v) is 9.87. The summed E-state index contributed by atoms with van der Waals surface area (Å²) in [6, 6.07) is 4.94. The standard InChI is InChI=1S/C11H9N3O5/c1-19-11(16)8-3-2-7(14(17)18)6-9(8)13-10(15)4-5-12/h2-3,6H,4H2,1H3,(H,13,15). The highest BCUT2D eigenvalue weighted by atomic mass is 16.6. The summed E-state index contributed by atoms with van der Waals surface area (Å²) in [6.07, 6.45) is -0.427. The molecule has 1 rings (SSSR count). The summed E-state index contributed by atoms with van der Waals surface area (Å²) in [5.41, 5.74) is -0.388. The summed E-state index contributed by atoms with van der Waals surface area (Å²) >= 11 is 0. The van der Waals surface area contributed by atoms with Crippen molar-refractivity contribution in [2.75, 3.05) is 12.4 Å². The Hall–Kier alpha value is -2.95. The van der Waals surface area contributed by atoms with Crippen molar-refractivity contribution >= 4 is 23.3 Å². The number of non-ortho nitro benzene ring substituents is 1. The quantitative estimate of drug-likeness (QED) is 0.495. The number of carbonyl (C=O) groups is 2. The third kappa shape index (κ3) is 3.50. The molecule has 1 aromatic carbocycles. The molecule has 0 saturated carbocycles. The van der Waals surface area contributed by atoms with Gasteiger partial charge in [0.05, 0.1) is 29.4 Å². The fraction of sp³-hybridized carbons (Fsp3) is 0.182. The van der Waals surface area contributed by atoms with E-state index in [-0.39, 0.29) is 16.9 Å².